The van der Waals surface area contributed by atoms with Gasteiger partial charge in [-0.25, -0.2) is 0 Å². The Morgan fingerprint density at radius 1 is 1.05 bits per heavy atom. The minimum Gasteiger partial charge on any atom is -0.289 e. The molecular formula is C18H11Cl2NO. The molecule has 0 saturated carbocycles. The Hall–Kier alpha value is -2.16. The first-order valence-electron chi connectivity index (χ1n) is 6.66. The van der Waals surface area contributed by atoms with E-state index in [0.717, 1.165) is 16.5 Å². The lowest BCUT2D eigenvalue weighted by molar-refractivity contribution is 0.104. The van der Waals surface area contributed by atoms with Crippen molar-refractivity contribution in [2.45, 2.75) is 0 Å². The van der Waals surface area contributed by atoms with E-state index in [9.17, 15) is 4.79 Å². The molecule has 0 fully saturated rings. The summed E-state index contributed by atoms with van der Waals surface area (Å²) in [4.78, 5) is 16.6. The highest BCUT2D eigenvalue weighted by Crippen LogP contribution is 2.22. The molecule has 0 N–H and O–H groups in total. The fourth-order valence-electron chi connectivity index (χ4n) is 2.20. The first kappa shape index (κ1) is 14.8. The van der Waals surface area contributed by atoms with Crippen LogP contribution in [0, 0.1) is 0 Å². The van der Waals surface area contributed by atoms with E-state index in [4.69, 9.17) is 23.2 Å². The zero-order valence-electron chi connectivity index (χ0n) is 11.5. The van der Waals surface area contributed by atoms with Gasteiger partial charge in [0.2, 0.25) is 0 Å². The average Bonchev–Trinajstić information content (AvgIpc) is 2.54. The minimum absolute atomic E-state index is 0.187. The molecule has 0 aliphatic heterocycles. The number of carbonyl (C=O) groups excluding carboxylic acids is 1. The molecule has 0 unspecified atom stereocenters. The number of halogens is 2. The lowest BCUT2D eigenvalue weighted by Gasteiger charge is -2.02. The molecule has 0 amide bonds. The topological polar surface area (TPSA) is 30.0 Å². The Bertz CT molecular complexity index is 882. The van der Waals surface area contributed by atoms with Crippen molar-refractivity contribution in [2.24, 2.45) is 0 Å². The molecule has 1 heterocycles. The molecule has 0 radical (unpaired) electrons. The van der Waals surface area contributed by atoms with Gasteiger partial charge in [0.25, 0.3) is 0 Å². The van der Waals surface area contributed by atoms with Crippen LogP contribution in [0.5, 0.6) is 0 Å². The molecule has 2 aromatic carbocycles. The van der Waals surface area contributed by atoms with Crippen molar-refractivity contribution in [3.8, 4) is 0 Å². The summed E-state index contributed by atoms with van der Waals surface area (Å²) < 4.78 is 0. The van der Waals surface area contributed by atoms with Gasteiger partial charge in [0.15, 0.2) is 5.78 Å². The molecule has 0 aliphatic carbocycles. The smallest absolute Gasteiger partial charge is 0.187 e. The Kier molecular flexibility index (Phi) is 4.23. The van der Waals surface area contributed by atoms with Crippen molar-refractivity contribution >= 4 is 46.0 Å². The Morgan fingerprint density at radius 3 is 2.73 bits per heavy atom. The van der Waals surface area contributed by atoms with Crippen LogP contribution in [0.4, 0.5) is 0 Å². The summed E-state index contributed by atoms with van der Waals surface area (Å²) in [6.07, 6.45) is 4.99. The number of carbonyl (C=O) groups is 1. The van der Waals surface area contributed by atoms with Crippen LogP contribution >= 0.6 is 23.2 Å². The number of pyridine rings is 1. The van der Waals surface area contributed by atoms with E-state index in [1.165, 1.54) is 6.08 Å². The van der Waals surface area contributed by atoms with E-state index < -0.39 is 0 Å². The molecule has 22 heavy (non-hydrogen) atoms. The van der Waals surface area contributed by atoms with Crippen molar-refractivity contribution in [1.29, 1.82) is 0 Å². The second kappa shape index (κ2) is 6.30. The summed E-state index contributed by atoms with van der Waals surface area (Å²) in [6, 6.07) is 14.5. The van der Waals surface area contributed by atoms with Crippen LogP contribution in [0.2, 0.25) is 10.0 Å². The van der Waals surface area contributed by atoms with E-state index in [1.54, 1.807) is 30.5 Å². The largest absolute Gasteiger partial charge is 0.289 e. The number of para-hydroxylation sites is 1. The van der Waals surface area contributed by atoms with E-state index in [1.807, 2.05) is 30.3 Å². The fraction of sp³-hybridized carbons (Fsp3) is 0. The molecule has 2 nitrogen and oxygen atoms in total. The molecule has 0 aliphatic rings. The van der Waals surface area contributed by atoms with Crippen LogP contribution in [0.25, 0.3) is 17.0 Å². The fourth-order valence-corrected chi connectivity index (χ4v) is 2.59. The van der Waals surface area contributed by atoms with Gasteiger partial charge < -0.3 is 0 Å². The maximum Gasteiger partial charge on any atom is 0.187 e. The SMILES string of the molecule is O=C(/C=C/c1ccnc2ccccc12)c1cc(Cl)ccc1Cl. The molecule has 3 aromatic rings. The van der Waals surface area contributed by atoms with E-state index in [2.05, 4.69) is 4.98 Å². The highest BCUT2D eigenvalue weighted by molar-refractivity contribution is 6.36. The van der Waals surface area contributed by atoms with E-state index in [0.29, 0.717) is 15.6 Å². The number of fused-ring (bicyclic) bond motifs is 1. The van der Waals surface area contributed by atoms with Crippen molar-refractivity contribution < 1.29 is 4.79 Å². The maximum atomic E-state index is 12.3. The monoisotopic (exact) mass is 327 g/mol. The molecule has 0 bridgehead atoms. The van der Waals surface area contributed by atoms with Gasteiger partial charge in [0.05, 0.1) is 10.5 Å². The van der Waals surface area contributed by atoms with Gasteiger partial charge in [0, 0.05) is 22.2 Å². The van der Waals surface area contributed by atoms with Crippen LogP contribution in [0.3, 0.4) is 0 Å². The lowest BCUT2D eigenvalue weighted by atomic mass is 10.1. The first-order chi connectivity index (χ1) is 10.6. The zero-order chi connectivity index (χ0) is 15.5. The van der Waals surface area contributed by atoms with Crippen molar-refractivity contribution in [1.82, 2.24) is 4.98 Å². The van der Waals surface area contributed by atoms with Crippen LogP contribution < -0.4 is 0 Å². The van der Waals surface area contributed by atoms with Gasteiger partial charge in [-0.2, -0.15) is 0 Å². The third kappa shape index (κ3) is 3.03. The summed E-state index contributed by atoms with van der Waals surface area (Å²) in [7, 11) is 0. The maximum absolute atomic E-state index is 12.3. The van der Waals surface area contributed by atoms with Gasteiger partial charge >= 0.3 is 0 Å². The molecule has 0 saturated heterocycles. The normalized spacial score (nSPS) is 11.2. The lowest BCUT2D eigenvalue weighted by Crippen LogP contribution is -1.95. The predicted molar refractivity (Wildman–Crippen MR) is 91.6 cm³/mol. The number of benzene rings is 2. The summed E-state index contributed by atoms with van der Waals surface area (Å²) in [5.41, 5.74) is 2.21. The quantitative estimate of drug-likeness (QED) is 0.473. The van der Waals surface area contributed by atoms with Crippen LogP contribution in [0.1, 0.15) is 15.9 Å². The number of ketones is 1. The summed E-state index contributed by atoms with van der Waals surface area (Å²) in [6.45, 7) is 0. The minimum atomic E-state index is -0.187. The number of allylic oxidation sites excluding steroid dienone is 1. The number of aromatic nitrogens is 1. The molecule has 0 atom stereocenters. The van der Waals surface area contributed by atoms with E-state index >= 15 is 0 Å². The summed E-state index contributed by atoms with van der Waals surface area (Å²) in [5, 5.41) is 1.86. The molecule has 4 heteroatoms. The van der Waals surface area contributed by atoms with Crippen LogP contribution in [-0.4, -0.2) is 10.8 Å². The third-order valence-corrected chi connectivity index (χ3v) is 3.86. The summed E-state index contributed by atoms with van der Waals surface area (Å²) >= 11 is 12.0. The number of rotatable bonds is 3. The average molecular weight is 328 g/mol. The molecule has 3 rings (SSSR count). The van der Waals surface area contributed by atoms with Crippen molar-refractivity contribution in [3.63, 3.8) is 0 Å². The third-order valence-electron chi connectivity index (χ3n) is 3.29. The molecule has 0 spiro atoms. The zero-order valence-corrected chi connectivity index (χ0v) is 13.0. The number of nitrogens with zero attached hydrogens (tertiary/aromatic N) is 1. The number of hydrogen-bond donors (Lipinski definition) is 0. The molecule has 108 valence electrons. The van der Waals surface area contributed by atoms with Crippen LogP contribution in [-0.2, 0) is 0 Å². The molecular weight excluding hydrogens is 317 g/mol. The van der Waals surface area contributed by atoms with Gasteiger partial charge in [-0.05, 0) is 42.0 Å². The van der Waals surface area contributed by atoms with Gasteiger partial charge in [-0.15, -0.1) is 0 Å². The molecule has 1 aromatic heterocycles. The Labute approximate surface area is 138 Å². The number of hydrogen-bond acceptors (Lipinski definition) is 2. The highest BCUT2D eigenvalue weighted by Gasteiger charge is 2.08. The second-order valence-electron chi connectivity index (χ2n) is 4.74. The second-order valence-corrected chi connectivity index (χ2v) is 5.58. The highest BCUT2D eigenvalue weighted by atomic mass is 35.5. The van der Waals surface area contributed by atoms with E-state index in [-0.39, 0.29) is 5.78 Å². The van der Waals surface area contributed by atoms with Gasteiger partial charge in [-0.3, -0.25) is 9.78 Å². The van der Waals surface area contributed by atoms with Crippen LogP contribution in [0.15, 0.2) is 60.8 Å². The van der Waals surface area contributed by atoms with Gasteiger partial charge in [0.1, 0.15) is 0 Å². The first-order valence-corrected chi connectivity index (χ1v) is 7.42. The van der Waals surface area contributed by atoms with Crippen molar-refractivity contribution in [2.75, 3.05) is 0 Å². The predicted octanol–water partition coefficient (Wildman–Crippen LogP) is 5.44. The van der Waals surface area contributed by atoms with Gasteiger partial charge in [-0.1, -0.05) is 47.5 Å². The van der Waals surface area contributed by atoms with Crippen molar-refractivity contribution in [3.05, 3.63) is 82.0 Å². The summed E-state index contributed by atoms with van der Waals surface area (Å²) in [5.74, 6) is -0.187. The standard InChI is InChI=1S/C18H11Cl2NO/c19-13-6-7-16(20)15(11-13)18(22)8-5-12-9-10-21-17-4-2-1-3-14(12)17/h1-11H/b8-5+. The Morgan fingerprint density at radius 2 is 1.86 bits per heavy atom. The Balaban J connectivity index is 1.96.